The maximum atomic E-state index is 12.7. The van der Waals surface area contributed by atoms with E-state index in [2.05, 4.69) is 35.2 Å². The maximum Gasteiger partial charge on any atom is 0.255 e. The molecule has 4 rings (SSSR count). The molecule has 4 nitrogen and oxygen atoms in total. The van der Waals surface area contributed by atoms with Crippen molar-refractivity contribution in [1.82, 2.24) is 4.90 Å². The van der Waals surface area contributed by atoms with Crippen molar-refractivity contribution in [3.63, 3.8) is 0 Å². The van der Waals surface area contributed by atoms with E-state index in [1.165, 1.54) is 18.8 Å². The van der Waals surface area contributed by atoms with Gasteiger partial charge in [-0.05, 0) is 24.3 Å². The van der Waals surface area contributed by atoms with Crippen LogP contribution in [0, 0.1) is 0 Å². The minimum Gasteiger partial charge on any atom is -0.360 e. The summed E-state index contributed by atoms with van der Waals surface area (Å²) in [7, 11) is 0. The number of carbonyl (C=O) groups excluding carboxylic acids is 1. The van der Waals surface area contributed by atoms with E-state index in [9.17, 15) is 4.79 Å². The first-order valence-electron chi connectivity index (χ1n) is 9.91. The molecular formula is C22H27ClN3O+. The molecule has 0 atom stereocenters. The van der Waals surface area contributed by atoms with Crippen molar-refractivity contribution in [1.29, 1.82) is 0 Å². The number of amides is 1. The smallest absolute Gasteiger partial charge is 0.255 e. The van der Waals surface area contributed by atoms with Gasteiger partial charge in [0, 0.05) is 31.6 Å². The van der Waals surface area contributed by atoms with E-state index in [1.807, 2.05) is 23.1 Å². The van der Waals surface area contributed by atoms with Gasteiger partial charge >= 0.3 is 0 Å². The molecule has 2 aliphatic rings. The minimum absolute atomic E-state index is 0.0722. The Hall–Kier alpha value is -2.04. The molecule has 142 valence electrons. The Kier molecular flexibility index (Phi) is 5.65. The predicted octanol–water partition coefficient (Wildman–Crippen LogP) is 2.35. The number of nitrogens with zero attached hydrogens (tertiary/aromatic N) is 2. The van der Waals surface area contributed by atoms with Crippen LogP contribution in [0.2, 0.25) is 5.02 Å². The van der Waals surface area contributed by atoms with Gasteiger partial charge in [0.2, 0.25) is 0 Å². The van der Waals surface area contributed by atoms with Crippen LogP contribution in [0.3, 0.4) is 0 Å². The van der Waals surface area contributed by atoms with Crippen molar-refractivity contribution < 1.29 is 9.69 Å². The Morgan fingerprint density at radius 3 is 2.19 bits per heavy atom. The Bertz CT molecular complexity index is 766. The lowest BCUT2D eigenvalue weighted by Gasteiger charge is -2.41. The van der Waals surface area contributed by atoms with E-state index in [-0.39, 0.29) is 5.91 Å². The number of quaternary nitrogens is 1. The lowest BCUT2D eigenvalue weighted by molar-refractivity contribution is -0.927. The van der Waals surface area contributed by atoms with Crippen LogP contribution in [0.25, 0.3) is 0 Å². The molecule has 2 aromatic carbocycles. The number of piperazine rings is 1. The molecule has 5 heteroatoms. The lowest BCUT2D eigenvalue weighted by atomic mass is 10.0. The zero-order chi connectivity index (χ0) is 18.6. The number of hydrogen-bond donors (Lipinski definition) is 1. The normalized spacial score (nSPS) is 19.3. The highest BCUT2D eigenvalue weighted by molar-refractivity contribution is 6.33. The molecule has 0 radical (unpaired) electrons. The molecule has 1 amide bonds. The molecular weight excluding hydrogens is 358 g/mol. The Morgan fingerprint density at radius 1 is 0.889 bits per heavy atom. The molecule has 0 aliphatic carbocycles. The maximum absolute atomic E-state index is 12.7. The molecule has 2 fully saturated rings. The van der Waals surface area contributed by atoms with Crippen molar-refractivity contribution >= 4 is 23.2 Å². The van der Waals surface area contributed by atoms with E-state index in [0.29, 0.717) is 16.6 Å². The van der Waals surface area contributed by atoms with E-state index in [0.717, 1.165) is 39.0 Å². The Labute approximate surface area is 166 Å². The van der Waals surface area contributed by atoms with Crippen LogP contribution in [-0.4, -0.2) is 56.1 Å². The van der Waals surface area contributed by atoms with Crippen molar-refractivity contribution in [3.8, 4) is 0 Å². The van der Waals surface area contributed by atoms with Crippen molar-refractivity contribution in [3.05, 3.63) is 65.2 Å². The number of anilines is 1. The van der Waals surface area contributed by atoms with Crippen LogP contribution < -0.4 is 9.80 Å². The van der Waals surface area contributed by atoms with Crippen LogP contribution in [0.4, 0.5) is 5.69 Å². The fourth-order valence-electron chi connectivity index (χ4n) is 4.40. The van der Waals surface area contributed by atoms with Gasteiger partial charge in [0.1, 0.15) is 0 Å². The van der Waals surface area contributed by atoms with Crippen molar-refractivity contribution in [2.75, 3.05) is 44.2 Å². The van der Waals surface area contributed by atoms with Gasteiger partial charge in [0.15, 0.2) is 0 Å². The predicted molar refractivity (Wildman–Crippen MR) is 110 cm³/mol. The first-order chi connectivity index (χ1) is 13.2. The molecule has 2 aromatic rings. The first-order valence-corrected chi connectivity index (χ1v) is 10.3. The van der Waals surface area contributed by atoms with Crippen molar-refractivity contribution in [2.24, 2.45) is 0 Å². The third-order valence-corrected chi connectivity index (χ3v) is 6.32. The number of nitrogens with one attached hydrogen (secondary N) is 1. The van der Waals surface area contributed by atoms with Gasteiger partial charge in [0.25, 0.3) is 5.91 Å². The van der Waals surface area contributed by atoms with E-state index < -0.39 is 0 Å². The molecule has 0 bridgehead atoms. The number of benzene rings is 2. The number of carbonyl (C=O) groups is 1. The van der Waals surface area contributed by atoms with Crippen LogP contribution in [0.1, 0.15) is 23.2 Å². The van der Waals surface area contributed by atoms with E-state index >= 15 is 0 Å². The highest BCUT2D eigenvalue weighted by atomic mass is 35.5. The number of halogens is 1. The van der Waals surface area contributed by atoms with E-state index in [1.54, 1.807) is 11.0 Å². The number of para-hydroxylation sites is 1. The van der Waals surface area contributed by atoms with Gasteiger partial charge in [-0.1, -0.05) is 41.9 Å². The summed E-state index contributed by atoms with van der Waals surface area (Å²) in [5.41, 5.74) is 1.96. The minimum atomic E-state index is 0.0722. The second-order valence-corrected chi connectivity index (χ2v) is 7.93. The molecule has 2 saturated heterocycles. The van der Waals surface area contributed by atoms with Gasteiger partial charge in [-0.15, -0.1) is 0 Å². The molecule has 0 unspecified atom stereocenters. The average Bonchev–Trinajstić information content (AvgIpc) is 2.74. The summed E-state index contributed by atoms with van der Waals surface area (Å²) in [6, 6.07) is 18.7. The van der Waals surface area contributed by atoms with Crippen LogP contribution in [0.5, 0.6) is 0 Å². The third kappa shape index (κ3) is 4.12. The first kappa shape index (κ1) is 18.3. The standard InChI is InChI=1S/C22H26ClN3O/c23-21-9-5-4-8-20(21)22(27)26-12-10-19(11-13-26)25-16-14-24(15-17-25)18-6-2-1-3-7-18/h1-9,19H,10-17H2/p+1. The van der Waals surface area contributed by atoms with Gasteiger partial charge in [-0.25, -0.2) is 0 Å². The van der Waals surface area contributed by atoms with Gasteiger partial charge in [-0.3, -0.25) is 4.79 Å². The zero-order valence-electron chi connectivity index (χ0n) is 15.6. The highest BCUT2D eigenvalue weighted by Crippen LogP contribution is 2.20. The summed E-state index contributed by atoms with van der Waals surface area (Å²) in [6.07, 6.45) is 2.16. The summed E-state index contributed by atoms with van der Waals surface area (Å²) in [4.78, 5) is 18.9. The van der Waals surface area contributed by atoms with Gasteiger partial charge in [0.05, 0.1) is 42.8 Å². The fourth-order valence-corrected chi connectivity index (χ4v) is 4.61. The summed E-state index contributed by atoms with van der Waals surface area (Å²) >= 11 is 6.20. The number of rotatable bonds is 3. The largest absolute Gasteiger partial charge is 0.360 e. The Balaban J connectivity index is 1.29. The summed E-state index contributed by atoms with van der Waals surface area (Å²) in [5, 5.41) is 0.548. The molecule has 27 heavy (non-hydrogen) atoms. The molecule has 2 heterocycles. The molecule has 0 saturated carbocycles. The average molecular weight is 385 g/mol. The second kappa shape index (κ2) is 8.32. The number of piperidine rings is 1. The molecule has 1 N–H and O–H groups in total. The fraction of sp³-hybridized carbons (Fsp3) is 0.409. The number of hydrogen-bond acceptors (Lipinski definition) is 2. The van der Waals surface area contributed by atoms with Crippen LogP contribution in [-0.2, 0) is 0 Å². The summed E-state index contributed by atoms with van der Waals surface area (Å²) < 4.78 is 0. The van der Waals surface area contributed by atoms with Gasteiger partial charge < -0.3 is 14.7 Å². The van der Waals surface area contributed by atoms with Crippen LogP contribution in [0.15, 0.2) is 54.6 Å². The topological polar surface area (TPSA) is 28.0 Å². The third-order valence-electron chi connectivity index (χ3n) is 5.99. The molecule has 2 aliphatic heterocycles. The molecule has 0 spiro atoms. The number of likely N-dealkylation sites (tertiary alicyclic amines) is 1. The molecule has 0 aromatic heterocycles. The van der Waals surface area contributed by atoms with E-state index in [4.69, 9.17) is 11.6 Å². The van der Waals surface area contributed by atoms with Gasteiger partial charge in [-0.2, -0.15) is 0 Å². The quantitative estimate of drug-likeness (QED) is 0.879. The Morgan fingerprint density at radius 2 is 1.52 bits per heavy atom. The highest BCUT2D eigenvalue weighted by Gasteiger charge is 2.32. The summed E-state index contributed by atoms with van der Waals surface area (Å²) in [5.74, 6) is 0.0722. The SMILES string of the molecule is O=C(c1ccccc1Cl)N1CCC([NH+]2CCN(c3ccccc3)CC2)CC1. The monoisotopic (exact) mass is 384 g/mol. The zero-order valence-corrected chi connectivity index (χ0v) is 16.4. The second-order valence-electron chi connectivity index (χ2n) is 7.53. The van der Waals surface area contributed by atoms with Crippen LogP contribution >= 0.6 is 11.6 Å². The summed E-state index contributed by atoms with van der Waals surface area (Å²) in [6.45, 7) is 6.24. The lowest BCUT2D eigenvalue weighted by Crippen LogP contribution is -3.18. The van der Waals surface area contributed by atoms with Crippen molar-refractivity contribution in [2.45, 2.75) is 18.9 Å².